The third-order valence-electron chi connectivity index (χ3n) is 7.16. The number of rotatable bonds is 6. The fraction of sp³-hybridized carbons (Fsp3) is 0.200. The number of carbonyl (C=O) groups excluding carboxylic acids is 1. The zero-order valence-corrected chi connectivity index (χ0v) is 19.4. The van der Waals surface area contributed by atoms with Gasteiger partial charge >= 0.3 is 0 Å². The van der Waals surface area contributed by atoms with Crippen molar-refractivity contribution in [2.75, 3.05) is 10.6 Å². The topological polar surface area (TPSA) is 69.8 Å². The summed E-state index contributed by atoms with van der Waals surface area (Å²) in [6, 6.07) is 24.3. The van der Waals surface area contributed by atoms with Crippen molar-refractivity contribution in [1.29, 1.82) is 0 Å². The zero-order chi connectivity index (χ0) is 23.6. The number of amides is 1. The van der Waals surface area contributed by atoms with Crippen LogP contribution >= 0.6 is 0 Å². The van der Waals surface area contributed by atoms with Crippen molar-refractivity contribution in [2.24, 2.45) is 17.8 Å². The number of nitrogens with one attached hydrogen (secondary N) is 3. The average molecular weight is 461 g/mol. The molecule has 5 heteroatoms. The molecule has 3 N–H and O–H groups in total. The second-order valence-electron chi connectivity index (χ2n) is 9.54. The Morgan fingerprint density at radius 1 is 0.886 bits per heavy atom. The summed E-state index contributed by atoms with van der Waals surface area (Å²) in [5.41, 5.74) is 5.72. The van der Waals surface area contributed by atoms with Crippen LogP contribution in [-0.2, 0) is 4.79 Å². The van der Waals surface area contributed by atoms with Gasteiger partial charge in [-0.2, -0.15) is 5.10 Å². The molecular weight excluding hydrogens is 432 g/mol. The maximum absolute atomic E-state index is 12.9. The summed E-state index contributed by atoms with van der Waals surface area (Å²) in [5, 5.41) is 15.3. The molecule has 35 heavy (non-hydrogen) atoms. The van der Waals surface area contributed by atoms with Gasteiger partial charge in [0.1, 0.15) is 0 Å². The molecule has 3 aliphatic carbocycles. The van der Waals surface area contributed by atoms with Gasteiger partial charge in [-0.3, -0.25) is 9.89 Å². The van der Waals surface area contributed by atoms with Crippen molar-refractivity contribution in [1.82, 2.24) is 10.2 Å². The molecule has 174 valence electrons. The first-order valence-corrected chi connectivity index (χ1v) is 12.3. The number of fused-ring (bicyclic) bond motifs is 3. The van der Waals surface area contributed by atoms with Crippen molar-refractivity contribution in [3.63, 3.8) is 0 Å². The van der Waals surface area contributed by atoms with Gasteiger partial charge in [-0.25, -0.2) is 0 Å². The summed E-state index contributed by atoms with van der Waals surface area (Å²) in [6.45, 7) is 0. The molecule has 0 saturated heterocycles. The highest BCUT2D eigenvalue weighted by molar-refractivity contribution is 5.94. The number of aromatic amines is 1. The maximum atomic E-state index is 12.9. The van der Waals surface area contributed by atoms with Crippen LogP contribution in [0.15, 0.2) is 84.9 Å². The zero-order valence-electron chi connectivity index (χ0n) is 19.4. The third-order valence-corrected chi connectivity index (χ3v) is 7.16. The van der Waals surface area contributed by atoms with E-state index in [1.807, 2.05) is 54.6 Å². The van der Waals surface area contributed by atoms with Crippen LogP contribution in [0.4, 0.5) is 17.1 Å². The number of hydrogen-bond donors (Lipinski definition) is 3. The van der Waals surface area contributed by atoms with Crippen LogP contribution < -0.4 is 10.6 Å². The Hall–Kier alpha value is -4.12. The maximum Gasteiger partial charge on any atom is 0.228 e. The number of carbonyl (C=O) groups is 1. The average Bonchev–Trinajstić information content (AvgIpc) is 3.31. The predicted molar refractivity (Wildman–Crippen MR) is 143 cm³/mol. The van der Waals surface area contributed by atoms with E-state index >= 15 is 0 Å². The normalized spacial score (nSPS) is 21.0. The molecule has 7 rings (SSSR count). The first-order valence-electron chi connectivity index (χ1n) is 12.3. The van der Waals surface area contributed by atoms with Gasteiger partial charge in [0.15, 0.2) is 0 Å². The van der Waals surface area contributed by atoms with E-state index < -0.39 is 0 Å². The third kappa shape index (κ3) is 4.62. The number of aromatic nitrogens is 2. The van der Waals surface area contributed by atoms with Crippen molar-refractivity contribution >= 4 is 46.0 Å². The monoisotopic (exact) mass is 460 g/mol. The fourth-order valence-electron chi connectivity index (χ4n) is 5.29. The molecule has 3 unspecified atom stereocenters. The van der Waals surface area contributed by atoms with E-state index in [1.54, 1.807) is 0 Å². The van der Waals surface area contributed by atoms with E-state index in [-0.39, 0.29) is 11.8 Å². The van der Waals surface area contributed by atoms with Crippen LogP contribution in [0.25, 0.3) is 23.1 Å². The molecule has 0 spiro atoms. The molecule has 2 bridgehead atoms. The Bertz CT molecular complexity index is 1420. The van der Waals surface area contributed by atoms with Crippen LogP contribution in [0.5, 0.6) is 0 Å². The minimum Gasteiger partial charge on any atom is -0.355 e. The lowest BCUT2D eigenvalue weighted by atomic mass is 9.69. The van der Waals surface area contributed by atoms with Crippen molar-refractivity contribution in [3.8, 4) is 0 Å². The molecule has 1 aromatic heterocycles. The van der Waals surface area contributed by atoms with Crippen molar-refractivity contribution in [3.05, 3.63) is 96.2 Å². The largest absolute Gasteiger partial charge is 0.355 e. The molecule has 1 fully saturated rings. The van der Waals surface area contributed by atoms with E-state index in [9.17, 15) is 4.79 Å². The Kier molecular flexibility index (Phi) is 5.67. The van der Waals surface area contributed by atoms with E-state index in [0.29, 0.717) is 11.8 Å². The van der Waals surface area contributed by atoms with Crippen molar-refractivity contribution < 1.29 is 4.79 Å². The van der Waals surface area contributed by atoms with Crippen LogP contribution in [0.3, 0.4) is 0 Å². The van der Waals surface area contributed by atoms with Gasteiger partial charge in [0.05, 0.1) is 11.2 Å². The summed E-state index contributed by atoms with van der Waals surface area (Å²) < 4.78 is 0. The van der Waals surface area contributed by atoms with Crippen LogP contribution in [-0.4, -0.2) is 16.1 Å². The highest BCUT2D eigenvalue weighted by atomic mass is 16.1. The first-order chi connectivity index (χ1) is 17.2. The second-order valence-corrected chi connectivity index (χ2v) is 9.54. The summed E-state index contributed by atoms with van der Waals surface area (Å²) in [7, 11) is 0. The molecule has 3 aliphatic rings. The van der Waals surface area contributed by atoms with E-state index in [1.165, 1.54) is 6.42 Å². The molecule has 1 heterocycles. The molecular formula is C30H28N4O. The lowest BCUT2D eigenvalue weighted by Gasteiger charge is -2.37. The van der Waals surface area contributed by atoms with Gasteiger partial charge in [-0.05, 0) is 79.1 Å². The molecule has 4 aromatic rings. The molecule has 3 atom stereocenters. The molecule has 5 nitrogen and oxygen atoms in total. The summed E-state index contributed by atoms with van der Waals surface area (Å²) in [5.74, 6) is 1.17. The summed E-state index contributed by atoms with van der Waals surface area (Å²) in [4.78, 5) is 12.9. The van der Waals surface area contributed by atoms with Gasteiger partial charge in [-0.15, -0.1) is 0 Å². The molecule has 0 aliphatic heterocycles. The smallest absolute Gasteiger partial charge is 0.228 e. The molecule has 0 radical (unpaired) electrons. The Labute approximate surface area is 205 Å². The molecule has 3 aromatic carbocycles. The summed E-state index contributed by atoms with van der Waals surface area (Å²) >= 11 is 0. The lowest BCUT2D eigenvalue weighted by Crippen LogP contribution is -2.36. The number of nitrogens with zero attached hydrogens (tertiary/aromatic N) is 1. The first kappa shape index (κ1) is 21.4. The molecule has 1 saturated carbocycles. The second kappa shape index (κ2) is 9.26. The quantitative estimate of drug-likeness (QED) is 0.271. The van der Waals surface area contributed by atoms with Crippen LogP contribution in [0.1, 0.15) is 30.5 Å². The Balaban J connectivity index is 1.14. The number of hydrogen-bond acceptors (Lipinski definition) is 3. The minimum atomic E-state index is 0.0864. The van der Waals surface area contributed by atoms with E-state index in [0.717, 1.165) is 52.1 Å². The lowest BCUT2D eigenvalue weighted by molar-refractivity contribution is -0.122. The highest BCUT2D eigenvalue weighted by Gasteiger charge is 2.36. The SMILES string of the molecule is O=C(Nc1cccc(Nc2ccc3c(/C=C/c4ccccc4)n[nH]c3c2)c1)C1CC2C=CC1CC2. The summed E-state index contributed by atoms with van der Waals surface area (Å²) in [6.07, 6.45) is 11.9. The van der Waals surface area contributed by atoms with Gasteiger partial charge < -0.3 is 10.6 Å². The van der Waals surface area contributed by atoms with E-state index in [2.05, 4.69) is 63.3 Å². The number of benzene rings is 3. The van der Waals surface area contributed by atoms with Gasteiger partial charge in [0.2, 0.25) is 5.91 Å². The standard InChI is InChI=1S/C30H28N4O/c35-30(27-17-21-9-12-22(27)13-10-21)32-24-8-4-7-23(18-24)31-25-14-15-26-28(33-34-29(26)19-25)16-11-20-5-2-1-3-6-20/h1-9,11-12,14-16,18-19,21-22,27,31H,10,13,17H2,(H,32,35)(H,33,34)/b16-11+. The number of anilines is 3. The Morgan fingerprint density at radius 3 is 2.54 bits per heavy atom. The van der Waals surface area contributed by atoms with Crippen molar-refractivity contribution in [2.45, 2.75) is 19.3 Å². The number of H-pyrrole nitrogens is 1. The Morgan fingerprint density at radius 2 is 1.74 bits per heavy atom. The van der Waals surface area contributed by atoms with Gasteiger partial charge in [0.25, 0.3) is 0 Å². The highest BCUT2D eigenvalue weighted by Crippen LogP contribution is 2.41. The predicted octanol–water partition coefficient (Wildman–Crippen LogP) is 7.02. The van der Waals surface area contributed by atoms with E-state index in [4.69, 9.17) is 0 Å². The van der Waals surface area contributed by atoms with Gasteiger partial charge in [0, 0.05) is 28.4 Å². The fourth-order valence-corrected chi connectivity index (χ4v) is 5.29. The van der Waals surface area contributed by atoms with Gasteiger partial charge in [-0.1, -0.05) is 54.6 Å². The van der Waals surface area contributed by atoms with Crippen LogP contribution in [0.2, 0.25) is 0 Å². The number of allylic oxidation sites excluding steroid dienone is 2. The molecule has 1 amide bonds. The minimum absolute atomic E-state index is 0.0864. The van der Waals surface area contributed by atoms with Crippen LogP contribution in [0, 0.1) is 17.8 Å².